The molecule has 0 fully saturated rings. The van der Waals surface area contributed by atoms with Crippen LogP contribution in [0.25, 0.3) is 0 Å². The maximum absolute atomic E-state index is 12.4. The molecule has 0 aliphatic rings. The predicted molar refractivity (Wildman–Crippen MR) is 69.9 cm³/mol. The molecule has 0 aliphatic carbocycles. The summed E-state index contributed by atoms with van der Waals surface area (Å²) in [7, 11) is 3.37. The zero-order valence-corrected chi connectivity index (χ0v) is 11.5. The lowest BCUT2D eigenvalue weighted by Gasteiger charge is -2.23. The third-order valence-corrected chi connectivity index (χ3v) is 3.25. The maximum Gasteiger partial charge on any atom is 0.185 e. The summed E-state index contributed by atoms with van der Waals surface area (Å²) in [6.45, 7) is 7.74. The second-order valence-corrected chi connectivity index (χ2v) is 4.84. The van der Waals surface area contributed by atoms with Gasteiger partial charge in [0.1, 0.15) is 5.75 Å². The van der Waals surface area contributed by atoms with Crippen LogP contribution in [-0.2, 0) is 0 Å². The number of Topliss-reactive ketones (excluding diaryl/α,β-unsaturated/α-hetero) is 1. The fourth-order valence-corrected chi connectivity index (χ4v) is 1.59. The summed E-state index contributed by atoms with van der Waals surface area (Å²) in [6, 6.07) is 3.81. The number of methoxy groups -OCH3 is 1. The van der Waals surface area contributed by atoms with Crippen LogP contribution in [0.15, 0.2) is 12.1 Å². The van der Waals surface area contributed by atoms with Crippen molar-refractivity contribution in [1.82, 2.24) is 5.32 Å². The van der Waals surface area contributed by atoms with Gasteiger partial charge >= 0.3 is 0 Å². The Kier molecular flexibility index (Phi) is 3.94. The second-order valence-electron chi connectivity index (χ2n) is 4.84. The number of nitrogens with one attached hydrogen (secondary N) is 1. The Morgan fingerprint density at radius 3 is 2.24 bits per heavy atom. The van der Waals surface area contributed by atoms with Gasteiger partial charge in [-0.1, -0.05) is 0 Å². The molecule has 17 heavy (non-hydrogen) atoms. The smallest absolute Gasteiger partial charge is 0.185 e. The molecule has 0 heterocycles. The van der Waals surface area contributed by atoms with E-state index in [4.69, 9.17) is 4.74 Å². The average Bonchev–Trinajstić information content (AvgIpc) is 2.31. The van der Waals surface area contributed by atoms with E-state index in [2.05, 4.69) is 5.32 Å². The minimum absolute atomic E-state index is 0.0416. The molecule has 0 radical (unpaired) electrons. The number of rotatable bonds is 4. The molecule has 0 saturated heterocycles. The Morgan fingerprint density at radius 2 is 1.76 bits per heavy atom. The van der Waals surface area contributed by atoms with Crippen LogP contribution in [0.5, 0.6) is 5.75 Å². The molecule has 0 aliphatic heterocycles. The highest BCUT2D eigenvalue weighted by Gasteiger charge is 2.29. The summed E-state index contributed by atoms with van der Waals surface area (Å²) >= 11 is 0. The van der Waals surface area contributed by atoms with Crippen molar-refractivity contribution in [3.63, 3.8) is 0 Å². The van der Waals surface area contributed by atoms with Gasteiger partial charge < -0.3 is 10.1 Å². The Hall–Kier alpha value is -1.35. The van der Waals surface area contributed by atoms with Gasteiger partial charge in [-0.05, 0) is 58.0 Å². The summed E-state index contributed by atoms with van der Waals surface area (Å²) in [6.07, 6.45) is 0. The van der Waals surface area contributed by atoms with Gasteiger partial charge in [-0.25, -0.2) is 0 Å². The van der Waals surface area contributed by atoms with Crippen molar-refractivity contribution in [3.8, 4) is 5.75 Å². The van der Waals surface area contributed by atoms with Gasteiger partial charge in [0.25, 0.3) is 0 Å². The lowest BCUT2D eigenvalue weighted by molar-refractivity contribution is 0.0886. The number of carbonyl (C=O) groups excluding carboxylic acids is 1. The van der Waals surface area contributed by atoms with E-state index in [0.29, 0.717) is 11.3 Å². The van der Waals surface area contributed by atoms with Crippen LogP contribution >= 0.6 is 0 Å². The summed E-state index contributed by atoms with van der Waals surface area (Å²) < 4.78 is 5.29. The number of carbonyl (C=O) groups is 1. The molecular weight excluding hydrogens is 214 g/mol. The van der Waals surface area contributed by atoms with E-state index in [0.717, 1.165) is 11.1 Å². The first kappa shape index (κ1) is 13.7. The first-order valence-electron chi connectivity index (χ1n) is 5.72. The highest BCUT2D eigenvalue weighted by molar-refractivity contribution is 6.05. The van der Waals surface area contributed by atoms with Crippen molar-refractivity contribution in [2.75, 3.05) is 14.2 Å². The summed E-state index contributed by atoms with van der Waals surface area (Å²) in [5.74, 6) is 0.682. The van der Waals surface area contributed by atoms with E-state index in [-0.39, 0.29) is 5.78 Å². The van der Waals surface area contributed by atoms with Crippen molar-refractivity contribution >= 4 is 5.78 Å². The Bertz CT molecular complexity index is 436. The molecule has 0 amide bonds. The Balaban J connectivity index is 3.31. The molecule has 0 saturated carbocycles. The van der Waals surface area contributed by atoms with E-state index in [1.165, 1.54) is 0 Å². The Labute approximate surface area is 103 Å². The van der Waals surface area contributed by atoms with Crippen molar-refractivity contribution < 1.29 is 9.53 Å². The number of benzene rings is 1. The van der Waals surface area contributed by atoms with Gasteiger partial charge in [0.05, 0.1) is 18.2 Å². The minimum atomic E-state index is -0.588. The van der Waals surface area contributed by atoms with Crippen molar-refractivity contribution in [3.05, 3.63) is 28.8 Å². The first-order valence-corrected chi connectivity index (χ1v) is 5.72. The number of hydrogen-bond donors (Lipinski definition) is 1. The van der Waals surface area contributed by atoms with E-state index < -0.39 is 5.54 Å². The number of aryl methyl sites for hydroxylation is 2. The molecule has 3 nitrogen and oxygen atoms in total. The van der Waals surface area contributed by atoms with Crippen LogP contribution < -0.4 is 10.1 Å². The number of likely N-dealkylation sites (N-methyl/N-ethyl adjacent to an activating group) is 1. The van der Waals surface area contributed by atoms with Gasteiger partial charge in [0.15, 0.2) is 5.78 Å². The molecular formula is C14H21NO2. The molecule has 0 aromatic heterocycles. The monoisotopic (exact) mass is 235 g/mol. The molecule has 3 heteroatoms. The number of hydrogen-bond acceptors (Lipinski definition) is 3. The third kappa shape index (κ3) is 2.67. The van der Waals surface area contributed by atoms with E-state index in [1.807, 2.05) is 39.8 Å². The minimum Gasteiger partial charge on any atom is -0.496 e. The zero-order valence-electron chi connectivity index (χ0n) is 11.5. The first-order chi connectivity index (χ1) is 7.83. The SMILES string of the molecule is CNC(C)(C)C(=O)c1cc(C)c(C)cc1OC. The predicted octanol–water partition coefficient (Wildman–Crippen LogP) is 2.49. The van der Waals surface area contributed by atoms with Crippen molar-refractivity contribution in [2.45, 2.75) is 33.2 Å². The van der Waals surface area contributed by atoms with Gasteiger partial charge in [-0.3, -0.25) is 4.79 Å². The highest BCUT2D eigenvalue weighted by Crippen LogP contribution is 2.26. The van der Waals surface area contributed by atoms with Gasteiger partial charge in [0.2, 0.25) is 0 Å². The van der Waals surface area contributed by atoms with E-state index >= 15 is 0 Å². The van der Waals surface area contributed by atoms with Crippen LogP contribution in [-0.4, -0.2) is 25.5 Å². The molecule has 1 rings (SSSR count). The third-order valence-electron chi connectivity index (χ3n) is 3.25. The Morgan fingerprint density at radius 1 is 1.24 bits per heavy atom. The van der Waals surface area contributed by atoms with Crippen molar-refractivity contribution in [2.24, 2.45) is 0 Å². The topological polar surface area (TPSA) is 38.3 Å². The maximum atomic E-state index is 12.4. The molecule has 1 aromatic carbocycles. The van der Waals surface area contributed by atoms with Gasteiger partial charge in [-0.2, -0.15) is 0 Å². The lowest BCUT2D eigenvalue weighted by atomic mass is 9.91. The quantitative estimate of drug-likeness (QED) is 0.815. The standard InChI is InChI=1S/C14H21NO2/c1-9-7-11(12(17-6)8-10(9)2)13(16)14(3,4)15-5/h7-8,15H,1-6H3. The normalized spacial score (nSPS) is 11.4. The fraction of sp³-hybridized carbons (Fsp3) is 0.500. The van der Waals surface area contributed by atoms with Crippen molar-refractivity contribution in [1.29, 1.82) is 0 Å². The molecule has 0 unspecified atom stereocenters. The number of ketones is 1. The molecule has 0 spiro atoms. The second kappa shape index (κ2) is 4.88. The van der Waals surface area contributed by atoms with Crippen LogP contribution in [0.3, 0.4) is 0 Å². The molecule has 0 atom stereocenters. The molecule has 1 aromatic rings. The summed E-state index contributed by atoms with van der Waals surface area (Å²) in [5, 5.41) is 3.02. The molecule has 1 N–H and O–H groups in total. The molecule has 94 valence electrons. The van der Waals surface area contributed by atoms with Crippen LogP contribution in [0.2, 0.25) is 0 Å². The average molecular weight is 235 g/mol. The number of ether oxygens (including phenoxy) is 1. The van der Waals surface area contributed by atoms with Gasteiger partial charge in [-0.15, -0.1) is 0 Å². The van der Waals surface area contributed by atoms with E-state index in [1.54, 1.807) is 14.2 Å². The largest absolute Gasteiger partial charge is 0.496 e. The van der Waals surface area contributed by atoms with Crippen LogP contribution in [0, 0.1) is 13.8 Å². The van der Waals surface area contributed by atoms with Crippen LogP contribution in [0.1, 0.15) is 35.3 Å². The van der Waals surface area contributed by atoms with Gasteiger partial charge in [0, 0.05) is 0 Å². The highest BCUT2D eigenvalue weighted by atomic mass is 16.5. The lowest BCUT2D eigenvalue weighted by Crippen LogP contribution is -2.44. The summed E-state index contributed by atoms with van der Waals surface area (Å²) in [5.41, 5.74) is 2.27. The van der Waals surface area contributed by atoms with E-state index in [9.17, 15) is 4.79 Å². The van der Waals surface area contributed by atoms with Crippen LogP contribution in [0.4, 0.5) is 0 Å². The summed E-state index contributed by atoms with van der Waals surface area (Å²) in [4.78, 5) is 12.4. The molecule has 0 bridgehead atoms. The zero-order chi connectivity index (χ0) is 13.2. The fourth-order valence-electron chi connectivity index (χ4n) is 1.59.